The zero-order chi connectivity index (χ0) is 16.7. The summed E-state index contributed by atoms with van der Waals surface area (Å²) < 4.78 is 0. The lowest BCUT2D eigenvalue weighted by molar-refractivity contribution is -0.125. The molecule has 0 fully saturated rings. The molecule has 0 spiro atoms. The highest BCUT2D eigenvalue weighted by atomic mass is 35.5. The molecule has 0 aliphatic rings. The molecule has 0 heterocycles. The first-order valence-electron chi connectivity index (χ1n) is 7.37. The van der Waals surface area contributed by atoms with Gasteiger partial charge in [0.05, 0.1) is 23.2 Å². The van der Waals surface area contributed by atoms with Gasteiger partial charge in [0.15, 0.2) is 0 Å². The summed E-state index contributed by atoms with van der Waals surface area (Å²) in [6, 6.07) is 5.67. The topological polar surface area (TPSA) is 78.4 Å². The van der Waals surface area contributed by atoms with Crippen LogP contribution in [0.1, 0.15) is 37.6 Å². The van der Waals surface area contributed by atoms with Gasteiger partial charge < -0.3 is 15.7 Å². The summed E-state index contributed by atoms with van der Waals surface area (Å²) in [5.41, 5.74) is 0.330. The van der Waals surface area contributed by atoms with Gasteiger partial charge in [0.1, 0.15) is 6.04 Å². The van der Waals surface area contributed by atoms with Gasteiger partial charge in [-0.1, -0.05) is 44.5 Å². The van der Waals surface area contributed by atoms with Gasteiger partial charge in [0.25, 0.3) is 5.91 Å². The third-order valence-electron chi connectivity index (χ3n) is 3.41. The maximum Gasteiger partial charge on any atom is 0.253 e. The minimum atomic E-state index is -0.690. The fourth-order valence-corrected chi connectivity index (χ4v) is 2.19. The van der Waals surface area contributed by atoms with Crippen LogP contribution >= 0.6 is 11.6 Å². The van der Waals surface area contributed by atoms with Gasteiger partial charge in [-0.3, -0.25) is 9.59 Å². The fraction of sp³-hybridized carbons (Fsp3) is 0.500. The molecule has 3 N–H and O–H groups in total. The van der Waals surface area contributed by atoms with Crippen LogP contribution < -0.4 is 10.6 Å². The first-order valence-corrected chi connectivity index (χ1v) is 7.75. The van der Waals surface area contributed by atoms with Crippen molar-refractivity contribution in [2.45, 2.75) is 39.3 Å². The summed E-state index contributed by atoms with van der Waals surface area (Å²) in [5.74, 6) is -0.796. The number of carbonyl (C=O) groups is 2. The first-order chi connectivity index (χ1) is 10.4. The van der Waals surface area contributed by atoms with Crippen molar-refractivity contribution in [1.82, 2.24) is 10.6 Å². The molecule has 22 heavy (non-hydrogen) atoms. The van der Waals surface area contributed by atoms with E-state index in [2.05, 4.69) is 10.6 Å². The molecule has 0 radical (unpaired) electrons. The highest BCUT2D eigenvalue weighted by Crippen LogP contribution is 2.15. The Kier molecular flexibility index (Phi) is 7.35. The van der Waals surface area contributed by atoms with Crippen LogP contribution in [0.4, 0.5) is 0 Å². The Morgan fingerprint density at radius 2 is 1.86 bits per heavy atom. The Balaban J connectivity index is 2.82. The van der Waals surface area contributed by atoms with E-state index < -0.39 is 11.9 Å². The number of nitrogens with one attached hydrogen (secondary N) is 2. The molecule has 6 heteroatoms. The van der Waals surface area contributed by atoms with Crippen LogP contribution in [0.5, 0.6) is 0 Å². The van der Waals surface area contributed by atoms with E-state index in [0.717, 1.165) is 0 Å². The van der Waals surface area contributed by atoms with Crippen molar-refractivity contribution >= 4 is 23.4 Å². The first kappa shape index (κ1) is 18.5. The molecule has 0 aliphatic carbocycles. The average molecular weight is 327 g/mol. The van der Waals surface area contributed by atoms with Crippen LogP contribution in [0.2, 0.25) is 5.02 Å². The molecule has 5 nitrogen and oxygen atoms in total. The third-order valence-corrected chi connectivity index (χ3v) is 3.74. The highest BCUT2D eigenvalue weighted by molar-refractivity contribution is 6.33. The summed E-state index contributed by atoms with van der Waals surface area (Å²) in [5, 5.41) is 15.0. The maximum absolute atomic E-state index is 12.3. The fourth-order valence-electron chi connectivity index (χ4n) is 1.97. The van der Waals surface area contributed by atoms with E-state index in [0.29, 0.717) is 17.0 Å². The number of hydrogen-bond acceptors (Lipinski definition) is 3. The lowest BCUT2D eigenvalue weighted by Crippen LogP contribution is -2.52. The summed E-state index contributed by atoms with van der Waals surface area (Å²) in [6.45, 7) is 5.42. The van der Waals surface area contributed by atoms with Crippen molar-refractivity contribution < 1.29 is 14.7 Å². The van der Waals surface area contributed by atoms with E-state index in [1.807, 2.05) is 20.8 Å². The SMILES string of the molecule is CCC(CO)NC(=O)C(NC(=O)c1ccccc1Cl)C(C)C. The molecule has 1 aromatic carbocycles. The summed E-state index contributed by atoms with van der Waals surface area (Å²) >= 11 is 6.00. The number of halogens is 1. The normalized spacial score (nSPS) is 13.5. The molecule has 2 unspecified atom stereocenters. The summed E-state index contributed by atoms with van der Waals surface area (Å²) in [4.78, 5) is 24.6. The highest BCUT2D eigenvalue weighted by Gasteiger charge is 2.26. The van der Waals surface area contributed by atoms with Crippen LogP contribution in [0.25, 0.3) is 0 Å². The second kappa shape index (κ2) is 8.76. The Bertz CT molecular complexity index is 516. The van der Waals surface area contributed by atoms with Gasteiger partial charge in [-0.2, -0.15) is 0 Å². The molecule has 2 atom stereocenters. The predicted octanol–water partition coefficient (Wildman–Crippen LogP) is 1.98. The van der Waals surface area contributed by atoms with Crippen LogP contribution in [-0.2, 0) is 4.79 Å². The number of rotatable bonds is 7. The molecule has 122 valence electrons. The molecule has 0 bridgehead atoms. The van der Waals surface area contributed by atoms with Crippen molar-refractivity contribution in [3.8, 4) is 0 Å². The van der Waals surface area contributed by atoms with Gasteiger partial charge in [-0.05, 0) is 24.5 Å². The van der Waals surface area contributed by atoms with Crippen LogP contribution in [0.3, 0.4) is 0 Å². The van der Waals surface area contributed by atoms with Crippen molar-refractivity contribution in [3.05, 3.63) is 34.9 Å². The van der Waals surface area contributed by atoms with Crippen LogP contribution in [0, 0.1) is 5.92 Å². The number of aliphatic hydroxyl groups excluding tert-OH is 1. The van der Waals surface area contributed by atoms with Gasteiger partial charge in [0.2, 0.25) is 5.91 Å². The van der Waals surface area contributed by atoms with Gasteiger partial charge in [0, 0.05) is 0 Å². The second-order valence-corrected chi connectivity index (χ2v) is 5.88. The van der Waals surface area contributed by atoms with Crippen molar-refractivity contribution in [2.75, 3.05) is 6.61 Å². The smallest absolute Gasteiger partial charge is 0.253 e. The Morgan fingerprint density at radius 3 is 2.36 bits per heavy atom. The number of hydrogen-bond donors (Lipinski definition) is 3. The number of aliphatic hydroxyl groups is 1. The minimum Gasteiger partial charge on any atom is -0.394 e. The summed E-state index contributed by atoms with van der Waals surface area (Å²) in [6.07, 6.45) is 0.617. The second-order valence-electron chi connectivity index (χ2n) is 5.47. The van der Waals surface area contributed by atoms with Crippen molar-refractivity contribution in [1.29, 1.82) is 0 Å². The average Bonchev–Trinajstić information content (AvgIpc) is 2.49. The molecule has 2 amide bonds. The lowest BCUT2D eigenvalue weighted by atomic mass is 10.0. The van der Waals surface area contributed by atoms with E-state index in [9.17, 15) is 14.7 Å². The van der Waals surface area contributed by atoms with E-state index in [1.165, 1.54) is 0 Å². The third kappa shape index (κ3) is 5.00. The predicted molar refractivity (Wildman–Crippen MR) is 86.9 cm³/mol. The Labute approximate surface area is 136 Å². The van der Waals surface area contributed by atoms with E-state index >= 15 is 0 Å². The zero-order valence-electron chi connectivity index (χ0n) is 13.1. The molecular weight excluding hydrogens is 304 g/mol. The lowest BCUT2D eigenvalue weighted by Gasteiger charge is -2.24. The molecule has 0 saturated heterocycles. The molecule has 1 rings (SSSR count). The standard InChI is InChI=1S/C16H23ClN2O3/c1-4-11(9-20)18-16(22)14(10(2)3)19-15(21)12-7-5-6-8-13(12)17/h5-8,10-11,14,20H,4,9H2,1-3H3,(H,18,22)(H,19,21). The largest absolute Gasteiger partial charge is 0.394 e. The van der Waals surface area contributed by atoms with Gasteiger partial charge in [-0.25, -0.2) is 0 Å². The van der Waals surface area contributed by atoms with E-state index in [-0.39, 0.29) is 24.5 Å². The molecular formula is C16H23ClN2O3. The molecule has 1 aromatic rings. The Hall–Kier alpha value is -1.59. The molecule has 0 aliphatic heterocycles. The van der Waals surface area contributed by atoms with E-state index in [1.54, 1.807) is 24.3 Å². The van der Waals surface area contributed by atoms with Gasteiger partial charge >= 0.3 is 0 Å². The monoisotopic (exact) mass is 326 g/mol. The van der Waals surface area contributed by atoms with Crippen LogP contribution in [-0.4, -0.2) is 35.6 Å². The van der Waals surface area contributed by atoms with Crippen molar-refractivity contribution in [2.24, 2.45) is 5.92 Å². The zero-order valence-corrected chi connectivity index (χ0v) is 13.9. The number of carbonyl (C=O) groups excluding carboxylic acids is 2. The molecule has 0 aromatic heterocycles. The maximum atomic E-state index is 12.3. The van der Waals surface area contributed by atoms with Crippen molar-refractivity contribution in [3.63, 3.8) is 0 Å². The molecule has 0 saturated carbocycles. The summed E-state index contributed by atoms with van der Waals surface area (Å²) in [7, 11) is 0. The Morgan fingerprint density at radius 1 is 1.23 bits per heavy atom. The minimum absolute atomic E-state index is 0.0948. The van der Waals surface area contributed by atoms with E-state index in [4.69, 9.17) is 11.6 Å². The number of benzene rings is 1. The quantitative estimate of drug-likeness (QED) is 0.717. The van der Waals surface area contributed by atoms with Gasteiger partial charge in [-0.15, -0.1) is 0 Å². The van der Waals surface area contributed by atoms with Crippen LogP contribution in [0.15, 0.2) is 24.3 Å². The number of amides is 2.